The Morgan fingerprint density at radius 1 is 1.56 bits per heavy atom. The van der Waals surface area contributed by atoms with Gasteiger partial charge in [-0.2, -0.15) is 11.3 Å². The van der Waals surface area contributed by atoms with Gasteiger partial charge < -0.3 is 10.8 Å². The first-order valence-corrected chi connectivity index (χ1v) is 7.86. The average Bonchev–Trinajstić information content (AvgIpc) is 2.93. The van der Waals surface area contributed by atoms with Crippen molar-refractivity contribution in [3.05, 3.63) is 22.4 Å². The van der Waals surface area contributed by atoms with E-state index in [1.54, 1.807) is 11.3 Å². The van der Waals surface area contributed by atoms with Crippen LogP contribution in [0.4, 0.5) is 0 Å². The number of thiophene rings is 1. The largest absolute Gasteiger partial charge is 0.395 e. The lowest BCUT2D eigenvalue weighted by molar-refractivity contribution is 0.0418. The zero-order valence-electron chi connectivity index (χ0n) is 11.1. The van der Waals surface area contributed by atoms with Crippen molar-refractivity contribution in [2.24, 2.45) is 5.73 Å². The van der Waals surface area contributed by atoms with Gasteiger partial charge in [-0.25, -0.2) is 0 Å². The van der Waals surface area contributed by atoms with Crippen LogP contribution in [0.2, 0.25) is 0 Å². The Bertz CT molecular complexity index is 342. The molecule has 1 saturated heterocycles. The second-order valence-electron chi connectivity index (χ2n) is 5.14. The zero-order chi connectivity index (χ0) is 13.0. The highest BCUT2D eigenvalue weighted by molar-refractivity contribution is 7.07. The first kappa shape index (κ1) is 14.0. The minimum atomic E-state index is 0.145. The highest BCUT2D eigenvalue weighted by atomic mass is 32.1. The predicted octanol–water partition coefficient (Wildman–Crippen LogP) is 2.37. The van der Waals surface area contributed by atoms with Crippen molar-refractivity contribution < 1.29 is 5.11 Å². The number of hydrogen-bond donors (Lipinski definition) is 2. The van der Waals surface area contributed by atoms with Crippen LogP contribution >= 0.6 is 11.3 Å². The van der Waals surface area contributed by atoms with E-state index in [-0.39, 0.29) is 24.7 Å². The van der Waals surface area contributed by atoms with Crippen molar-refractivity contribution in [1.29, 1.82) is 0 Å². The lowest BCUT2D eigenvalue weighted by Crippen LogP contribution is -2.49. The maximum absolute atomic E-state index is 9.58. The average molecular weight is 268 g/mol. The number of rotatable bonds is 5. The molecule has 0 bridgehead atoms. The van der Waals surface area contributed by atoms with Crippen molar-refractivity contribution in [2.75, 3.05) is 13.2 Å². The van der Waals surface area contributed by atoms with Crippen LogP contribution in [0.1, 0.15) is 44.2 Å². The first-order chi connectivity index (χ1) is 8.77. The minimum absolute atomic E-state index is 0.145. The Kier molecular flexibility index (Phi) is 5.18. The van der Waals surface area contributed by atoms with E-state index in [9.17, 15) is 5.11 Å². The molecule has 0 spiro atoms. The summed E-state index contributed by atoms with van der Waals surface area (Å²) in [7, 11) is 0. The molecule has 3 atom stereocenters. The molecule has 4 heteroatoms. The Hall–Kier alpha value is -0.420. The molecule has 2 rings (SSSR count). The van der Waals surface area contributed by atoms with Gasteiger partial charge in [0.1, 0.15) is 0 Å². The Labute approximate surface area is 114 Å². The monoisotopic (exact) mass is 268 g/mol. The van der Waals surface area contributed by atoms with Gasteiger partial charge >= 0.3 is 0 Å². The van der Waals surface area contributed by atoms with E-state index in [0.717, 1.165) is 19.4 Å². The first-order valence-electron chi connectivity index (χ1n) is 6.92. The number of aliphatic hydroxyl groups is 1. The number of hydrogen-bond acceptors (Lipinski definition) is 4. The van der Waals surface area contributed by atoms with Crippen molar-refractivity contribution >= 4 is 11.3 Å². The van der Waals surface area contributed by atoms with Crippen molar-refractivity contribution in [3.63, 3.8) is 0 Å². The fraction of sp³-hybridized carbons (Fsp3) is 0.714. The van der Waals surface area contributed by atoms with Gasteiger partial charge in [0.2, 0.25) is 0 Å². The molecule has 102 valence electrons. The summed E-state index contributed by atoms with van der Waals surface area (Å²) in [4.78, 5) is 2.43. The third-order valence-corrected chi connectivity index (χ3v) is 4.70. The van der Waals surface area contributed by atoms with Gasteiger partial charge in [-0.05, 0) is 48.2 Å². The molecule has 0 amide bonds. The second-order valence-corrected chi connectivity index (χ2v) is 5.92. The highest BCUT2D eigenvalue weighted by Crippen LogP contribution is 2.32. The summed E-state index contributed by atoms with van der Waals surface area (Å²) in [6.45, 7) is 3.44. The molecule has 18 heavy (non-hydrogen) atoms. The van der Waals surface area contributed by atoms with Crippen LogP contribution < -0.4 is 5.73 Å². The van der Waals surface area contributed by atoms with Crippen LogP contribution in [-0.4, -0.2) is 35.2 Å². The fourth-order valence-corrected chi connectivity index (χ4v) is 3.63. The van der Waals surface area contributed by atoms with Gasteiger partial charge in [-0.15, -0.1) is 0 Å². The normalized spacial score (nSPS) is 24.9. The number of aliphatic hydroxyl groups excluding tert-OH is 1. The molecule has 3 unspecified atom stereocenters. The van der Waals surface area contributed by atoms with Gasteiger partial charge in [0, 0.05) is 12.1 Å². The van der Waals surface area contributed by atoms with E-state index in [1.807, 2.05) is 0 Å². The molecule has 1 fully saturated rings. The molecule has 0 aliphatic carbocycles. The third kappa shape index (κ3) is 2.94. The number of piperidine rings is 1. The summed E-state index contributed by atoms with van der Waals surface area (Å²) < 4.78 is 0. The van der Waals surface area contributed by atoms with Crippen LogP contribution in [0.3, 0.4) is 0 Å². The molecule has 0 aromatic carbocycles. The van der Waals surface area contributed by atoms with Gasteiger partial charge in [0.05, 0.1) is 12.6 Å². The van der Waals surface area contributed by atoms with E-state index >= 15 is 0 Å². The maximum Gasteiger partial charge on any atom is 0.0587 e. The lowest BCUT2D eigenvalue weighted by atomic mass is 9.93. The predicted molar refractivity (Wildman–Crippen MR) is 76.8 cm³/mol. The van der Waals surface area contributed by atoms with Gasteiger partial charge in [0.25, 0.3) is 0 Å². The van der Waals surface area contributed by atoms with Crippen LogP contribution in [0.5, 0.6) is 0 Å². The van der Waals surface area contributed by atoms with E-state index in [4.69, 9.17) is 5.73 Å². The molecule has 1 aromatic heterocycles. The van der Waals surface area contributed by atoms with Crippen molar-refractivity contribution in [2.45, 2.75) is 50.7 Å². The Balaban J connectivity index is 2.22. The summed E-state index contributed by atoms with van der Waals surface area (Å²) in [5.41, 5.74) is 7.65. The van der Waals surface area contributed by atoms with Crippen LogP contribution in [0, 0.1) is 0 Å². The Morgan fingerprint density at radius 2 is 2.39 bits per heavy atom. The standard InChI is InChI=1S/C14H24N2OS/c1-2-13(15)14(11-6-8-18-10-11)16-7-4-3-5-12(16)9-17/h6,8,10,12-14,17H,2-5,7,9,15H2,1H3. The lowest BCUT2D eigenvalue weighted by Gasteiger charge is -2.42. The molecule has 1 aromatic rings. The molecule has 3 N–H and O–H groups in total. The second kappa shape index (κ2) is 6.66. The third-order valence-electron chi connectivity index (χ3n) is 4.00. The van der Waals surface area contributed by atoms with Crippen LogP contribution in [0.25, 0.3) is 0 Å². The quantitative estimate of drug-likeness (QED) is 0.862. The summed E-state index contributed by atoms with van der Waals surface area (Å²) in [5.74, 6) is 0. The van der Waals surface area contributed by atoms with E-state index in [1.165, 1.54) is 18.4 Å². The van der Waals surface area contributed by atoms with Gasteiger partial charge in [-0.1, -0.05) is 13.3 Å². The van der Waals surface area contributed by atoms with Crippen molar-refractivity contribution in [1.82, 2.24) is 4.90 Å². The summed E-state index contributed by atoms with van der Waals surface area (Å²) >= 11 is 1.72. The van der Waals surface area contributed by atoms with E-state index < -0.39 is 0 Å². The van der Waals surface area contributed by atoms with Gasteiger partial charge in [0.15, 0.2) is 0 Å². The molecule has 0 radical (unpaired) electrons. The minimum Gasteiger partial charge on any atom is -0.395 e. The van der Waals surface area contributed by atoms with Crippen LogP contribution in [-0.2, 0) is 0 Å². The molecule has 1 aliphatic heterocycles. The van der Waals surface area contributed by atoms with E-state index in [0.29, 0.717) is 0 Å². The summed E-state index contributed by atoms with van der Waals surface area (Å²) in [5, 5.41) is 13.9. The molecule has 3 nitrogen and oxygen atoms in total. The fourth-order valence-electron chi connectivity index (χ4n) is 2.94. The smallest absolute Gasteiger partial charge is 0.0587 e. The number of nitrogens with zero attached hydrogens (tertiary/aromatic N) is 1. The summed E-state index contributed by atoms with van der Waals surface area (Å²) in [6.07, 6.45) is 4.50. The Morgan fingerprint density at radius 3 is 3.00 bits per heavy atom. The number of nitrogens with two attached hydrogens (primary N) is 1. The molecule has 0 saturated carbocycles. The molecule has 2 heterocycles. The zero-order valence-corrected chi connectivity index (χ0v) is 11.9. The molecular formula is C14H24N2OS. The van der Waals surface area contributed by atoms with E-state index in [2.05, 4.69) is 28.7 Å². The van der Waals surface area contributed by atoms with Crippen molar-refractivity contribution in [3.8, 4) is 0 Å². The SMILES string of the molecule is CCC(N)C(c1ccsc1)N1CCCCC1CO. The molecule has 1 aliphatic rings. The van der Waals surface area contributed by atoms with Crippen LogP contribution in [0.15, 0.2) is 16.8 Å². The van der Waals surface area contributed by atoms with Gasteiger partial charge in [-0.3, -0.25) is 4.90 Å². The summed E-state index contributed by atoms with van der Waals surface area (Å²) in [6, 6.07) is 2.86. The number of likely N-dealkylation sites (tertiary alicyclic amines) is 1. The highest BCUT2D eigenvalue weighted by Gasteiger charge is 2.32. The molecular weight excluding hydrogens is 244 g/mol. The topological polar surface area (TPSA) is 49.5 Å². The maximum atomic E-state index is 9.58.